The molecule has 0 radical (unpaired) electrons. The van der Waals surface area contributed by atoms with Crippen LogP contribution in [0.4, 0.5) is 5.69 Å². The van der Waals surface area contributed by atoms with Gasteiger partial charge in [0.15, 0.2) is 0 Å². The van der Waals surface area contributed by atoms with Crippen molar-refractivity contribution < 1.29 is 27.5 Å². The van der Waals surface area contributed by atoms with Crippen LogP contribution in [-0.2, 0) is 29.1 Å². The number of para-hydroxylation sites is 1. The Morgan fingerprint density at radius 2 is 1.50 bits per heavy atom. The van der Waals surface area contributed by atoms with Gasteiger partial charge < -0.3 is 4.74 Å². The van der Waals surface area contributed by atoms with Crippen LogP contribution in [0, 0.1) is 6.92 Å². The van der Waals surface area contributed by atoms with Crippen molar-refractivity contribution in [1.29, 1.82) is 0 Å². The van der Waals surface area contributed by atoms with Crippen molar-refractivity contribution in [2.24, 2.45) is 0 Å². The zero-order chi connectivity index (χ0) is 27.1. The molecule has 0 N–H and O–H groups in total. The Morgan fingerprint density at radius 3 is 2.11 bits per heavy atom. The average molecular weight is 531 g/mol. The van der Waals surface area contributed by atoms with Crippen molar-refractivity contribution in [1.82, 2.24) is 4.31 Å². The first-order valence-corrected chi connectivity index (χ1v) is 13.6. The van der Waals surface area contributed by atoms with E-state index in [1.807, 2.05) is 6.92 Å². The van der Waals surface area contributed by atoms with Crippen LogP contribution in [0.5, 0.6) is 0 Å². The van der Waals surface area contributed by atoms with Crippen LogP contribution in [0.1, 0.15) is 30.9 Å². The molecule has 1 saturated heterocycles. The van der Waals surface area contributed by atoms with Gasteiger partial charge in [0.25, 0.3) is 15.9 Å². The molecule has 3 aromatic carbocycles. The molecule has 1 fully saturated rings. The molecule has 0 aliphatic carbocycles. The van der Waals surface area contributed by atoms with Crippen LogP contribution >= 0.6 is 0 Å². The summed E-state index contributed by atoms with van der Waals surface area (Å²) >= 11 is 0. The first-order valence-electron chi connectivity index (χ1n) is 12.2. The Hall–Kier alpha value is -4.24. The molecule has 1 atom stereocenters. The van der Waals surface area contributed by atoms with E-state index >= 15 is 0 Å². The maximum atomic E-state index is 14.4. The molecular formula is C29H26N2O6S. The van der Waals surface area contributed by atoms with Crippen molar-refractivity contribution in [2.45, 2.75) is 37.1 Å². The van der Waals surface area contributed by atoms with Crippen molar-refractivity contribution in [2.75, 3.05) is 11.5 Å². The summed E-state index contributed by atoms with van der Waals surface area (Å²) in [6.45, 7) is 3.54. The summed E-state index contributed by atoms with van der Waals surface area (Å²) in [5, 5.41) is 0. The van der Waals surface area contributed by atoms with Crippen molar-refractivity contribution in [3.05, 3.63) is 102 Å². The summed E-state index contributed by atoms with van der Waals surface area (Å²) in [7, 11) is -4.42. The van der Waals surface area contributed by atoms with E-state index < -0.39 is 39.8 Å². The first kappa shape index (κ1) is 25.4. The van der Waals surface area contributed by atoms with Crippen LogP contribution in [0.2, 0.25) is 0 Å². The molecule has 38 heavy (non-hydrogen) atoms. The number of carbonyl (C=O) groups excluding carboxylic acids is 3. The summed E-state index contributed by atoms with van der Waals surface area (Å²) in [5.41, 5.74) is -0.192. The third-order valence-electron chi connectivity index (χ3n) is 6.78. The van der Waals surface area contributed by atoms with Crippen molar-refractivity contribution >= 4 is 39.2 Å². The molecule has 2 aliphatic rings. The Morgan fingerprint density at radius 1 is 0.895 bits per heavy atom. The number of anilines is 1. The van der Waals surface area contributed by atoms with E-state index in [-0.39, 0.29) is 29.2 Å². The monoisotopic (exact) mass is 530 g/mol. The first-order chi connectivity index (χ1) is 18.2. The summed E-state index contributed by atoms with van der Waals surface area (Å²) in [5.74, 6) is -1.99. The second kappa shape index (κ2) is 9.57. The Bertz CT molecular complexity index is 1550. The molecule has 2 aliphatic heterocycles. The van der Waals surface area contributed by atoms with Crippen LogP contribution in [0.15, 0.2) is 95.4 Å². The quantitative estimate of drug-likeness (QED) is 0.352. The standard InChI is InChI=1S/C29H26N2O6S/c1-3-37-27(33)24-18-29(19-25(32)30(28(29)34)22-12-8-5-9-13-22)31(26(24)21-10-6-4-7-11-21)38(35,36)23-16-14-20(2)15-17-23/h4-17H,3,18-19H2,1-2H3/t29-/m0/s1. The minimum atomic E-state index is -4.42. The molecule has 8 nitrogen and oxygen atoms in total. The highest BCUT2D eigenvalue weighted by Crippen LogP contribution is 2.51. The third kappa shape index (κ3) is 3.99. The van der Waals surface area contributed by atoms with Crippen LogP contribution in [0.3, 0.4) is 0 Å². The molecule has 2 heterocycles. The Kier molecular flexibility index (Phi) is 6.40. The number of rotatable bonds is 6. The van der Waals surface area contributed by atoms with Gasteiger partial charge >= 0.3 is 5.97 Å². The summed E-state index contributed by atoms with van der Waals surface area (Å²) < 4.78 is 35.0. The molecular weight excluding hydrogens is 504 g/mol. The predicted octanol–water partition coefficient (Wildman–Crippen LogP) is 4.07. The number of carbonyl (C=O) groups is 3. The number of nitrogens with zero attached hydrogens (tertiary/aromatic N) is 2. The molecule has 5 rings (SSSR count). The topological polar surface area (TPSA) is 101 Å². The van der Waals surface area contributed by atoms with Gasteiger partial charge in [0.2, 0.25) is 5.91 Å². The number of amides is 2. The van der Waals surface area contributed by atoms with Gasteiger partial charge in [-0.3, -0.25) is 9.59 Å². The van der Waals surface area contributed by atoms with Gasteiger partial charge in [-0.1, -0.05) is 66.2 Å². The number of hydrogen-bond acceptors (Lipinski definition) is 6. The lowest BCUT2D eigenvalue weighted by Gasteiger charge is -2.35. The highest BCUT2D eigenvalue weighted by Gasteiger charge is 2.64. The maximum Gasteiger partial charge on any atom is 0.336 e. The SMILES string of the molecule is CCOC(=O)C1=C(c2ccccc2)N(S(=O)(=O)c2ccc(C)cc2)[C@]2(CC(=O)N(c3ccccc3)C2=O)C1. The fraction of sp³-hybridized carbons (Fsp3) is 0.207. The number of imide groups is 1. The van der Waals surface area contributed by atoms with Crippen LogP contribution in [-0.4, -0.2) is 42.7 Å². The van der Waals surface area contributed by atoms with E-state index in [4.69, 9.17) is 4.74 Å². The number of ether oxygens (including phenoxy) is 1. The van der Waals surface area contributed by atoms with Crippen molar-refractivity contribution in [3.63, 3.8) is 0 Å². The number of esters is 1. The van der Waals surface area contributed by atoms with Gasteiger partial charge in [0, 0.05) is 6.42 Å². The fourth-order valence-electron chi connectivity index (χ4n) is 5.09. The van der Waals surface area contributed by atoms with Gasteiger partial charge in [0.1, 0.15) is 5.54 Å². The normalized spacial score (nSPS) is 19.5. The highest BCUT2D eigenvalue weighted by atomic mass is 32.2. The number of aryl methyl sites for hydroxylation is 1. The van der Waals surface area contributed by atoms with Gasteiger partial charge in [-0.05, 0) is 43.7 Å². The third-order valence-corrected chi connectivity index (χ3v) is 8.66. The molecule has 0 aromatic heterocycles. The fourth-order valence-corrected chi connectivity index (χ4v) is 6.90. The molecule has 0 bridgehead atoms. The van der Waals surface area contributed by atoms with Crippen LogP contribution < -0.4 is 4.90 Å². The molecule has 0 saturated carbocycles. The lowest BCUT2D eigenvalue weighted by Crippen LogP contribution is -2.53. The Balaban J connectivity index is 1.77. The summed E-state index contributed by atoms with van der Waals surface area (Å²) in [6, 6.07) is 23.1. The van der Waals surface area contributed by atoms with Gasteiger partial charge in [-0.15, -0.1) is 0 Å². The zero-order valence-electron chi connectivity index (χ0n) is 21.0. The van der Waals surface area contributed by atoms with Gasteiger partial charge in [-0.2, -0.15) is 0 Å². The number of benzene rings is 3. The maximum absolute atomic E-state index is 14.4. The highest BCUT2D eigenvalue weighted by molar-refractivity contribution is 7.89. The van der Waals surface area contributed by atoms with Gasteiger partial charge in [0.05, 0.1) is 34.9 Å². The smallest absolute Gasteiger partial charge is 0.336 e. The average Bonchev–Trinajstić information content (AvgIpc) is 3.39. The number of hydrogen-bond donors (Lipinski definition) is 0. The largest absolute Gasteiger partial charge is 0.463 e. The van der Waals surface area contributed by atoms with E-state index in [9.17, 15) is 22.8 Å². The lowest BCUT2D eigenvalue weighted by atomic mass is 9.92. The van der Waals surface area contributed by atoms with Crippen molar-refractivity contribution in [3.8, 4) is 0 Å². The summed E-state index contributed by atoms with van der Waals surface area (Å²) in [6.07, 6.45) is -0.722. The van der Waals surface area contributed by atoms with E-state index in [0.717, 1.165) is 14.8 Å². The van der Waals surface area contributed by atoms with Gasteiger partial charge in [-0.25, -0.2) is 22.4 Å². The van der Waals surface area contributed by atoms with Crippen LogP contribution in [0.25, 0.3) is 5.70 Å². The molecule has 194 valence electrons. The molecule has 1 spiro atoms. The second-order valence-electron chi connectivity index (χ2n) is 9.25. The summed E-state index contributed by atoms with van der Waals surface area (Å²) in [4.78, 5) is 41.8. The molecule has 9 heteroatoms. The number of sulfonamides is 1. The second-order valence-corrected chi connectivity index (χ2v) is 11.0. The predicted molar refractivity (Wildman–Crippen MR) is 141 cm³/mol. The molecule has 3 aromatic rings. The van der Waals surface area contributed by atoms with E-state index in [2.05, 4.69) is 0 Å². The van der Waals surface area contributed by atoms with E-state index in [1.165, 1.54) is 12.1 Å². The molecule has 2 amide bonds. The zero-order valence-corrected chi connectivity index (χ0v) is 21.8. The Labute approximate surface area is 221 Å². The van der Waals surface area contributed by atoms with E-state index in [1.54, 1.807) is 79.7 Å². The molecule has 0 unspecified atom stereocenters. The minimum absolute atomic E-state index is 0.0322. The minimum Gasteiger partial charge on any atom is -0.463 e. The van der Waals surface area contributed by atoms with E-state index in [0.29, 0.717) is 11.3 Å². The lowest BCUT2D eigenvalue weighted by molar-refractivity contribution is -0.138.